The molecule has 4 N–H and O–H groups in total. The molecule has 1 aromatic rings. The second kappa shape index (κ2) is 12.4. The van der Waals surface area contributed by atoms with Crippen molar-refractivity contribution in [1.29, 1.82) is 0 Å². The lowest BCUT2D eigenvalue weighted by molar-refractivity contribution is -0.139. The van der Waals surface area contributed by atoms with Gasteiger partial charge in [-0.2, -0.15) is 0 Å². The Morgan fingerprint density at radius 1 is 1.18 bits per heavy atom. The molecule has 0 spiro atoms. The minimum absolute atomic E-state index is 0.0851. The van der Waals surface area contributed by atoms with Crippen LogP contribution in [0.4, 0.5) is 0 Å². The fourth-order valence-electron chi connectivity index (χ4n) is 6.07. The largest absolute Gasteiger partial charge is 0.361 e. The Morgan fingerprint density at radius 2 is 1.91 bits per heavy atom. The van der Waals surface area contributed by atoms with E-state index in [4.69, 9.17) is 0 Å². The predicted octanol–water partition coefficient (Wildman–Crippen LogP) is 3.27. The number of likely N-dealkylation sites (N-methyl/N-ethyl adjacent to an activating group) is 1. The fourth-order valence-corrected chi connectivity index (χ4v) is 6.07. The van der Waals surface area contributed by atoms with Crippen LogP contribution in [-0.2, 0) is 9.59 Å². The molecule has 1 aliphatic carbocycles. The molecule has 188 valence electrons. The van der Waals surface area contributed by atoms with Gasteiger partial charge in [-0.15, -0.1) is 0 Å². The molecule has 2 unspecified atom stereocenters. The highest BCUT2D eigenvalue weighted by atomic mass is 16.2. The number of H-pyrrole nitrogens is 1. The number of likely N-dealkylation sites (tertiary alicyclic amines) is 1. The van der Waals surface area contributed by atoms with Gasteiger partial charge >= 0.3 is 0 Å². The number of carbonyl (C=O) groups is 2. The summed E-state index contributed by atoms with van der Waals surface area (Å²) in [5.41, 5.74) is 3.22. The summed E-state index contributed by atoms with van der Waals surface area (Å²) in [7, 11) is 1.75. The highest BCUT2D eigenvalue weighted by molar-refractivity contribution is 5.89. The number of aromatic amines is 1. The van der Waals surface area contributed by atoms with Crippen molar-refractivity contribution in [3.63, 3.8) is 0 Å². The van der Waals surface area contributed by atoms with Crippen LogP contribution >= 0.6 is 0 Å². The van der Waals surface area contributed by atoms with Gasteiger partial charge in [0.2, 0.25) is 11.8 Å². The van der Waals surface area contributed by atoms with Gasteiger partial charge in [0.05, 0.1) is 12.6 Å². The summed E-state index contributed by atoms with van der Waals surface area (Å²) in [6, 6.07) is -0.0735. The topological polar surface area (TPSA) is 89.3 Å². The maximum Gasteiger partial charge on any atom is 0.245 e. The normalized spacial score (nSPS) is 25.1. The number of hydrogen-bond acceptors (Lipinski definition) is 4. The third-order valence-electron chi connectivity index (χ3n) is 7.58. The number of rotatable bonds is 8. The number of amides is 2. The molecule has 4 atom stereocenters. The molecule has 0 radical (unpaired) electrons. The summed E-state index contributed by atoms with van der Waals surface area (Å²) in [4.78, 5) is 31.8. The van der Waals surface area contributed by atoms with Crippen LogP contribution in [-0.4, -0.2) is 66.5 Å². The van der Waals surface area contributed by atoms with Crippen molar-refractivity contribution in [2.75, 3.05) is 26.7 Å². The second-order valence-electron chi connectivity index (χ2n) is 9.39. The van der Waals surface area contributed by atoms with E-state index in [-0.39, 0.29) is 42.3 Å². The summed E-state index contributed by atoms with van der Waals surface area (Å²) >= 11 is 0. The SMILES string of the molecule is C=Cc1[nH]cc(C2CN[C@@H]3CCN(C(=O)C(NC(=O)CNC)C4CCCCC4)[C@H]23)c1C=C.CC. The molecule has 34 heavy (non-hydrogen) atoms. The number of fused-ring (bicyclic) bond motifs is 1. The average Bonchev–Trinajstić information content (AvgIpc) is 3.58. The fraction of sp³-hybridized carbons (Fsp3) is 0.630. The summed E-state index contributed by atoms with van der Waals surface area (Å²) in [6.07, 6.45) is 12.1. The monoisotopic (exact) mass is 469 g/mol. The molecule has 0 aromatic carbocycles. The lowest BCUT2D eigenvalue weighted by Crippen LogP contribution is -2.56. The van der Waals surface area contributed by atoms with Gasteiger partial charge in [-0.05, 0) is 43.9 Å². The second-order valence-corrected chi connectivity index (χ2v) is 9.39. The zero-order valence-corrected chi connectivity index (χ0v) is 21.2. The maximum atomic E-state index is 13.9. The molecular formula is C27H43N5O2. The summed E-state index contributed by atoms with van der Waals surface area (Å²) in [5, 5.41) is 9.63. The van der Waals surface area contributed by atoms with Crippen molar-refractivity contribution in [3.8, 4) is 0 Å². The predicted molar refractivity (Wildman–Crippen MR) is 139 cm³/mol. The highest BCUT2D eigenvalue weighted by Gasteiger charge is 2.49. The van der Waals surface area contributed by atoms with Gasteiger partial charge in [-0.1, -0.05) is 52.3 Å². The molecule has 3 heterocycles. The third-order valence-corrected chi connectivity index (χ3v) is 7.58. The van der Waals surface area contributed by atoms with Crippen LogP contribution in [0.5, 0.6) is 0 Å². The van der Waals surface area contributed by atoms with Crippen LogP contribution in [0.3, 0.4) is 0 Å². The van der Waals surface area contributed by atoms with Gasteiger partial charge in [0, 0.05) is 42.5 Å². The number of aromatic nitrogens is 1. The van der Waals surface area contributed by atoms with Crippen LogP contribution in [0.1, 0.15) is 75.1 Å². The van der Waals surface area contributed by atoms with Gasteiger partial charge < -0.3 is 25.8 Å². The van der Waals surface area contributed by atoms with E-state index in [1.165, 1.54) is 12.0 Å². The molecule has 3 aliphatic rings. The van der Waals surface area contributed by atoms with Gasteiger partial charge in [0.15, 0.2) is 0 Å². The number of nitrogens with zero attached hydrogens (tertiary/aromatic N) is 1. The van der Waals surface area contributed by atoms with E-state index in [1.54, 1.807) is 7.05 Å². The molecule has 7 nitrogen and oxygen atoms in total. The van der Waals surface area contributed by atoms with E-state index in [2.05, 4.69) is 39.0 Å². The van der Waals surface area contributed by atoms with Gasteiger partial charge in [0.1, 0.15) is 6.04 Å². The third kappa shape index (κ3) is 5.31. The smallest absolute Gasteiger partial charge is 0.245 e. The minimum Gasteiger partial charge on any atom is -0.361 e. The van der Waals surface area contributed by atoms with E-state index in [1.807, 2.05) is 32.2 Å². The van der Waals surface area contributed by atoms with Crippen molar-refractivity contribution in [1.82, 2.24) is 25.8 Å². The zero-order valence-electron chi connectivity index (χ0n) is 21.2. The van der Waals surface area contributed by atoms with Crippen molar-refractivity contribution < 1.29 is 9.59 Å². The van der Waals surface area contributed by atoms with E-state index < -0.39 is 6.04 Å². The Balaban J connectivity index is 0.00000158. The molecule has 3 fully saturated rings. The molecule has 7 heteroatoms. The molecule has 4 rings (SSSR count). The molecular weight excluding hydrogens is 426 g/mol. The van der Waals surface area contributed by atoms with Crippen LogP contribution in [0, 0.1) is 5.92 Å². The first-order chi connectivity index (χ1) is 16.6. The Kier molecular flexibility index (Phi) is 9.54. The van der Waals surface area contributed by atoms with Gasteiger partial charge in [-0.25, -0.2) is 0 Å². The van der Waals surface area contributed by atoms with Gasteiger partial charge in [-0.3, -0.25) is 9.59 Å². The lowest BCUT2D eigenvalue weighted by atomic mass is 9.82. The van der Waals surface area contributed by atoms with E-state index >= 15 is 0 Å². The first-order valence-corrected chi connectivity index (χ1v) is 13.0. The van der Waals surface area contributed by atoms with Crippen molar-refractivity contribution in [3.05, 3.63) is 36.2 Å². The first-order valence-electron chi connectivity index (χ1n) is 13.0. The Bertz CT molecular complexity index is 857. The van der Waals surface area contributed by atoms with Crippen LogP contribution in [0.15, 0.2) is 19.4 Å². The van der Waals surface area contributed by atoms with Crippen LogP contribution < -0.4 is 16.0 Å². The molecule has 1 saturated carbocycles. The van der Waals surface area contributed by atoms with Crippen LogP contribution in [0.25, 0.3) is 12.2 Å². The highest BCUT2D eigenvalue weighted by Crippen LogP contribution is 2.39. The molecule has 0 bridgehead atoms. The first kappa shape index (κ1) is 26.2. The molecule has 2 aliphatic heterocycles. The van der Waals surface area contributed by atoms with E-state index in [0.29, 0.717) is 0 Å². The molecule has 1 aromatic heterocycles. The number of hydrogen-bond donors (Lipinski definition) is 4. The van der Waals surface area contributed by atoms with Crippen LogP contribution in [0.2, 0.25) is 0 Å². The quantitative estimate of drug-likeness (QED) is 0.471. The van der Waals surface area contributed by atoms with Crippen molar-refractivity contribution in [2.45, 2.75) is 76.4 Å². The Labute approximate surface area is 204 Å². The molecule has 2 amide bonds. The van der Waals surface area contributed by atoms with Crippen molar-refractivity contribution in [2.24, 2.45) is 5.92 Å². The van der Waals surface area contributed by atoms with Crippen molar-refractivity contribution >= 4 is 24.0 Å². The van der Waals surface area contributed by atoms with E-state index in [0.717, 1.165) is 56.5 Å². The molecule has 2 saturated heterocycles. The average molecular weight is 470 g/mol. The zero-order chi connectivity index (χ0) is 24.7. The standard InChI is InChI=1S/C25H37N5O2.C2H6/c1-4-17-18(13-27-20(17)5-2)19-14-28-21-11-12-30(24(19)21)25(32)23(29-22(31)15-26-3)16-9-7-6-8-10-16;1-2/h4-5,13,16,19,21,23-24,26-28H,1-2,6-12,14-15H2,3H3,(H,29,31);1-2H3/t19?,21-,23?,24-;/m1./s1. The Morgan fingerprint density at radius 3 is 2.56 bits per heavy atom. The summed E-state index contributed by atoms with van der Waals surface area (Å²) in [5.74, 6) is 0.377. The number of nitrogens with one attached hydrogen (secondary N) is 4. The lowest BCUT2D eigenvalue weighted by Gasteiger charge is -2.36. The maximum absolute atomic E-state index is 13.9. The summed E-state index contributed by atoms with van der Waals surface area (Å²) in [6.45, 7) is 13.7. The Hall–Kier alpha value is -2.38. The summed E-state index contributed by atoms with van der Waals surface area (Å²) < 4.78 is 0. The van der Waals surface area contributed by atoms with E-state index in [9.17, 15) is 9.59 Å². The van der Waals surface area contributed by atoms with Gasteiger partial charge in [0.25, 0.3) is 0 Å². The number of carbonyl (C=O) groups excluding carboxylic acids is 2. The minimum atomic E-state index is -0.440.